The van der Waals surface area contributed by atoms with Gasteiger partial charge in [0.1, 0.15) is 17.8 Å². The minimum absolute atomic E-state index is 0.154. The van der Waals surface area contributed by atoms with Gasteiger partial charge in [-0.25, -0.2) is 14.6 Å². The Morgan fingerprint density at radius 3 is 2.10 bits per heavy atom. The number of aromatic nitrogens is 2. The second kappa shape index (κ2) is 8.91. The van der Waals surface area contributed by atoms with Gasteiger partial charge in [-0.05, 0) is 37.3 Å². The molecular weight excluding hydrogens is 388 g/mol. The Hall–Kier alpha value is -4.14. The molecule has 1 heterocycles. The predicted octanol–water partition coefficient (Wildman–Crippen LogP) is 3.48. The molecule has 0 spiro atoms. The van der Waals surface area contributed by atoms with E-state index in [4.69, 9.17) is 19.9 Å². The molecule has 0 aliphatic rings. The molecule has 0 saturated carbocycles. The highest BCUT2D eigenvalue weighted by atomic mass is 16.5. The van der Waals surface area contributed by atoms with E-state index in [0.29, 0.717) is 11.4 Å². The molecule has 0 fully saturated rings. The van der Waals surface area contributed by atoms with Crippen LogP contribution < -0.4 is 15.8 Å². The van der Waals surface area contributed by atoms with Gasteiger partial charge < -0.3 is 25.3 Å². The van der Waals surface area contributed by atoms with Gasteiger partial charge in [0, 0.05) is 5.69 Å². The summed E-state index contributed by atoms with van der Waals surface area (Å²) in [6, 6.07) is 11.8. The fraction of sp³-hybridized carbons (Fsp3) is 0.143. The Morgan fingerprint density at radius 2 is 1.53 bits per heavy atom. The monoisotopic (exact) mass is 408 g/mol. The van der Waals surface area contributed by atoms with Crippen molar-refractivity contribution in [3.8, 4) is 11.6 Å². The molecule has 3 rings (SSSR count). The van der Waals surface area contributed by atoms with Crippen LogP contribution >= 0.6 is 0 Å². The Balaban J connectivity index is 1.93. The quantitative estimate of drug-likeness (QED) is 0.590. The molecule has 0 amide bonds. The summed E-state index contributed by atoms with van der Waals surface area (Å²) >= 11 is 0. The fourth-order valence-corrected chi connectivity index (χ4v) is 2.59. The van der Waals surface area contributed by atoms with E-state index >= 15 is 0 Å². The summed E-state index contributed by atoms with van der Waals surface area (Å²) in [6.07, 6.45) is 1.29. The first kappa shape index (κ1) is 20.6. The number of rotatable bonds is 6. The van der Waals surface area contributed by atoms with Crippen molar-refractivity contribution in [2.75, 3.05) is 25.3 Å². The summed E-state index contributed by atoms with van der Waals surface area (Å²) in [7, 11) is 2.49. The van der Waals surface area contributed by atoms with Gasteiger partial charge in [-0.1, -0.05) is 17.7 Å². The normalized spacial score (nSPS) is 10.2. The number of aryl methyl sites for hydroxylation is 1. The maximum absolute atomic E-state index is 12.0. The summed E-state index contributed by atoms with van der Waals surface area (Å²) < 4.78 is 15.2. The van der Waals surface area contributed by atoms with Crippen molar-refractivity contribution in [1.29, 1.82) is 0 Å². The van der Waals surface area contributed by atoms with Crippen molar-refractivity contribution >= 4 is 29.1 Å². The molecule has 2 aromatic carbocycles. The number of nitrogen functional groups attached to an aromatic ring is 1. The Labute approximate surface area is 172 Å². The minimum atomic E-state index is -0.608. The third kappa shape index (κ3) is 4.64. The van der Waals surface area contributed by atoms with Gasteiger partial charge in [0.05, 0.1) is 25.3 Å². The number of hydrogen-bond acceptors (Lipinski definition) is 9. The van der Waals surface area contributed by atoms with Crippen LogP contribution in [0.25, 0.3) is 0 Å². The number of nitrogens with two attached hydrogens (primary N) is 1. The lowest BCUT2D eigenvalue weighted by Crippen LogP contribution is -2.09. The Kier molecular flexibility index (Phi) is 6.11. The van der Waals surface area contributed by atoms with E-state index in [1.807, 2.05) is 19.1 Å². The first-order valence-electron chi connectivity index (χ1n) is 8.85. The molecule has 0 atom stereocenters. The van der Waals surface area contributed by atoms with Gasteiger partial charge in [-0.2, -0.15) is 4.98 Å². The maximum atomic E-state index is 12.0. The number of benzene rings is 2. The number of hydrogen-bond donors (Lipinski definition) is 2. The molecule has 0 unspecified atom stereocenters. The minimum Gasteiger partial charge on any atom is -0.465 e. The van der Waals surface area contributed by atoms with Gasteiger partial charge in [0.15, 0.2) is 5.82 Å². The molecule has 0 aliphatic heterocycles. The number of carbonyl (C=O) groups is 2. The molecule has 0 saturated heterocycles. The van der Waals surface area contributed by atoms with E-state index in [0.717, 1.165) is 5.56 Å². The van der Waals surface area contributed by atoms with Crippen molar-refractivity contribution < 1.29 is 23.8 Å². The zero-order chi connectivity index (χ0) is 21.7. The highest BCUT2D eigenvalue weighted by Crippen LogP contribution is 2.31. The first-order valence-corrected chi connectivity index (χ1v) is 8.85. The average molecular weight is 408 g/mol. The van der Waals surface area contributed by atoms with Gasteiger partial charge in [-0.3, -0.25) is 0 Å². The van der Waals surface area contributed by atoms with Crippen molar-refractivity contribution in [3.05, 3.63) is 65.5 Å². The Morgan fingerprint density at radius 1 is 0.933 bits per heavy atom. The van der Waals surface area contributed by atoms with E-state index in [9.17, 15) is 9.59 Å². The smallest absolute Gasteiger partial charge is 0.337 e. The van der Waals surface area contributed by atoms with Crippen LogP contribution in [0, 0.1) is 6.92 Å². The Bertz CT molecular complexity index is 1050. The molecule has 3 aromatic rings. The number of carbonyl (C=O) groups excluding carboxylic acids is 2. The highest BCUT2D eigenvalue weighted by Gasteiger charge is 2.16. The zero-order valence-corrected chi connectivity index (χ0v) is 16.6. The summed E-state index contributed by atoms with van der Waals surface area (Å²) in [6.45, 7) is 1.97. The van der Waals surface area contributed by atoms with E-state index in [1.165, 1.54) is 38.7 Å². The van der Waals surface area contributed by atoms with E-state index in [-0.39, 0.29) is 28.5 Å². The predicted molar refractivity (Wildman–Crippen MR) is 110 cm³/mol. The van der Waals surface area contributed by atoms with Crippen LogP contribution in [0.3, 0.4) is 0 Å². The van der Waals surface area contributed by atoms with Crippen molar-refractivity contribution in [2.24, 2.45) is 0 Å². The zero-order valence-electron chi connectivity index (χ0n) is 16.6. The number of nitrogens with zero attached hydrogens (tertiary/aromatic N) is 2. The van der Waals surface area contributed by atoms with Crippen LogP contribution in [0.2, 0.25) is 0 Å². The first-order chi connectivity index (χ1) is 14.4. The molecule has 0 bridgehead atoms. The second-order valence-corrected chi connectivity index (χ2v) is 6.26. The number of anilines is 3. The standard InChI is InChI=1S/C21H20N4O5/c1-12-4-6-16(7-5-12)30-19-17(22)18(23-11-24-19)25-15-9-13(20(26)28-2)8-14(10-15)21(27)29-3/h4-11H,22H2,1-3H3,(H,23,24,25). The molecular formula is C21H20N4O5. The van der Waals surface area contributed by atoms with Crippen LogP contribution in [0.1, 0.15) is 26.3 Å². The van der Waals surface area contributed by atoms with Crippen molar-refractivity contribution in [3.63, 3.8) is 0 Å². The summed E-state index contributed by atoms with van der Waals surface area (Å²) in [5.41, 5.74) is 8.10. The summed E-state index contributed by atoms with van der Waals surface area (Å²) in [4.78, 5) is 32.1. The van der Waals surface area contributed by atoms with Gasteiger partial charge in [-0.15, -0.1) is 0 Å². The van der Waals surface area contributed by atoms with Crippen molar-refractivity contribution in [1.82, 2.24) is 9.97 Å². The topological polar surface area (TPSA) is 126 Å². The van der Waals surface area contributed by atoms with Gasteiger partial charge >= 0.3 is 11.9 Å². The van der Waals surface area contributed by atoms with Crippen molar-refractivity contribution in [2.45, 2.75) is 6.92 Å². The van der Waals surface area contributed by atoms with E-state index < -0.39 is 11.9 Å². The third-order valence-electron chi connectivity index (χ3n) is 4.12. The lowest BCUT2D eigenvalue weighted by atomic mass is 10.1. The molecule has 0 aliphatic carbocycles. The molecule has 154 valence electrons. The maximum Gasteiger partial charge on any atom is 0.337 e. The van der Waals surface area contributed by atoms with Crippen LogP contribution in [0.4, 0.5) is 17.2 Å². The third-order valence-corrected chi connectivity index (χ3v) is 4.12. The van der Waals surface area contributed by atoms with Gasteiger partial charge in [0.2, 0.25) is 5.88 Å². The SMILES string of the molecule is COC(=O)c1cc(Nc2ncnc(Oc3ccc(C)cc3)c2N)cc(C(=O)OC)c1. The van der Waals surface area contributed by atoms with Crippen LogP contribution in [-0.4, -0.2) is 36.1 Å². The number of ether oxygens (including phenoxy) is 3. The van der Waals surface area contributed by atoms with Crippen LogP contribution in [0.5, 0.6) is 11.6 Å². The lowest BCUT2D eigenvalue weighted by molar-refractivity contribution is 0.0599. The molecule has 9 nitrogen and oxygen atoms in total. The second-order valence-electron chi connectivity index (χ2n) is 6.26. The molecule has 3 N–H and O–H groups in total. The number of methoxy groups -OCH3 is 2. The average Bonchev–Trinajstić information content (AvgIpc) is 2.76. The summed E-state index contributed by atoms with van der Waals surface area (Å²) in [5.74, 6) is -0.248. The largest absolute Gasteiger partial charge is 0.465 e. The van der Waals surface area contributed by atoms with Crippen LogP contribution in [-0.2, 0) is 9.47 Å². The lowest BCUT2D eigenvalue weighted by Gasteiger charge is -2.13. The molecule has 0 radical (unpaired) electrons. The fourth-order valence-electron chi connectivity index (χ4n) is 2.59. The number of esters is 2. The van der Waals surface area contributed by atoms with Crippen LogP contribution in [0.15, 0.2) is 48.8 Å². The molecule has 30 heavy (non-hydrogen) atoms. The highest BCUT2D eigenvalue weighted by molar-refractivity contribution is 5.97. The van der Waals surface area contributed by atoms with Gasteiger partial charge in [0.25, 0.3) is 0 Å². The van der Waals surface area contributed by atoms with E-state index in [1.54, 1.807) is 12.1 Å². The molecule has 9 heteroatoms. The van der Waals surface area contributed by atoms with E-state index in [2.05, 4.69) is 15.3 Å². The summed E-state index contributed by atoms with van der Waals surface area (Å²) in [5, 5.41) is 2.97. The molecule has 1 aromatic heterocycles. The number of nitrogens with one attached hydrogen (secondary N) is 1.